The van der Waals surface area contributed by atoms with Gasteiger partial charge in [0.2, 0.25) is 0 Å². The summed E-state index contributed by atoms with van der Waals surface area (Å²) in [4.78, 5) is 24.5. The molecule has 3 heterocycles. The van der Waals surface area contributed by atoms with Gasteiger partial charge >= 0.3 is 0 Å². The SMILES string of the molecule is Cc1ccc(-c2nc(-c3cccc(-c4cc5ccccc5cn4)c3)nc(-c3cccc(-c4cc5ccccc5cn4)c3)n2)cc1. The zero-order chi connectivity index (χ0) is 30.2. The second-order valence-corrected chi connectivity index (χ2v) is 11.2. The monoisotopic (exact) mass is 577 g/mol. The number of benzene rings is 5. The van der Waals surface area contributed by atoms with Gasteiger partial charge in [-0.25, -0.2) is 15.0 Å². The van der Waals surface area contributed by atoms with Gasteiger partial charge in [0, 0.05) is 51.0 Å². The summed E-state index contributed by atoms with van der Waals surface area (Å²) in [6, 6.07) is 45.5. The lowest BCUT2D eigenvalue weighted by Gasteiger charge is -2.11. The third-order valence-electron chi connectivity index (χ3n) is 8.04. The minimum atomic E-state index is 0.604. The van der Waals surface area contributed by atoms with E-state index in [0.717, 1.165) is 60.8 Å². The molecule has 5 heteroatoms. The molecule has 0 saturated carbocycles. The van der Waals surface area contributed by atoms with Crippen LogP contribution in [-0.4, -0.2) is 24.9 Å². The minimum Gasteiger partial charge on any atom is -0.256 e. The molecule has 0 bridgehead atoms. The molecule has 0 N–H and O–H groups in total. The number of hydrogen-bond acceptors (Lipinski definition) is 5. The number of hydrogen-bond donors (Lipinski definition) is 0. The highest BCUT2D eigenvalue weighted by Crippen LogP contribution is 2.30. The number of aromatic nitrogens is 5. The Bertz CT molecular complexity index is 2200. The Kier molecular flexibility index (Phi) is 6.61. The first kappa shape index (κ1) is 26.5. The standard InChI is InChI=1S/C40H27N5/c1-26-16-18-27(19-17-26)38-43-39(32-14-6-12-30(20-32)36-22-28-8-2-4-10-34(28)24-41-36)45-40(44-38)33-15-7-13-31(21-33)37-23-29-9-3-5-11-35(29)25-42-37/h2-25H,1H3. The molecule has 212 valence electrons. The Morgan fingerprint density at radius 1 is 0.356 bits per heavy atom. The molecular formula is C40H27N5. The van der Waals surface area contributed by atoms with Gasteiger partial charge < -0.3 is 0 Å². The first-order valence-corrected chi connectivity index (χ1v) is 14.9. The molecule has 0 fully saturated rings. The van der Waals surface area contributed by atoms with Gasteiger partial charge in [-0.15, -0.1) is 0 Å². The van der Waals surface area contributed by atoms with Crippen LogP contribution in [0.1, 0.15) is 5.56 Å². The smallest absolute Gasteiger partial charge is 0.164 e. The molecule has 0 atom stereocenters. The summed E-state index contributed by atoms with van der Waals surface area (Å²) in [5.41, 5.74) is 7.71. The molecule has 0 saturated heterocycles. The van der Waals surface area contributed by atoms with Crippen LogP contribution in [0.25, 0.3) is 78.2 Å². The maximum atomic E-state index is 5.02. The largest absolute Gasteiger partial charge is 0.256 e. The van der Waals surface area contributed by atoms with E-state index in [-0.39, 0.29) is 0 Å². The van der Waals surface area contributed by atoms with E-state index in [1.54, 1.807) is 0 Å². The summed E-state index contributed by atoms with van der Waals surface area (Å²) in [5.74, 6) is 1.83. The molecular weight excluding hydrogens is 550 g/mol. The first-order chi connectivity index (χ1) is 22.2. The van der Waals surface area contributed by atoms with Crippen LogP contribution in [0.3, 0.4) is 0 Å². The average Bonchev–Trinajstić information content (AvgIpc) is 3.11. The van der Waals surface area contributed by atoms with Gasteiger partial charge in [0.25, 0.3) is 0 Å². The highest BCUT2D eigenvalue weighted by molar-refractivity contribution is 5.87. The van der Waals surface area contributed by atoms with Gasteiger partial charge in [-0.05, 0) is 42.0 Å². The Morgan fingerprint density at radius 3 is 1.27 bits per heavy atom. The van der Waals surface area contributed by atoms with Crippen LogP contribution >= 0.6 is 0 Å². The average molecular weight is 578 g/mol. The second kappa shape index (κ2) is 11.2. The van der Waals surface area contributed by atoms with Gasteiger partial charge in [-0.2, -0.15) is 0 Å². The molecule has 5 nitrogen and oxygen atoms in total. The van der Waals surface area contributed by atoms with E-state index in [1.807, 2.05) is 60.9 Å². The summed E-state index contributed by atoms with van der Waals surface area (Å²) in [6.07, 6.45) is 3.84. The second-order valence-electron chi connectivity index (χ2n) is 11.2. The van der Waals surface area contributed by atoms with Crippen LogP contribution < -0.4 is 0 Å². The molecule has 8 rings (SSSR count). The van der Waals surface area contributed by atoms with Crippen molar-refractivity contribution in [3.8, 4) is 56.7 Å². The van der Waals surface area contributed by atoms with Crippen LogP contribution in [0.5, 0.6) is 0 Å². The lowest BCUT2D eigenvalue weighted by Crippen LogP contribution is -2.00. The third kappa shape index (κ3) is 5.32. The summed E-state index contributed by atoms with van der Waals surface area (Å²) in [6.45, 7) is 2.08. The molecule has 3 aromatic heterocycles. The van der Waals surface area contributed by atoms with E-state index >= 15 is 0 Å². The topological polar surface area (TPSA) is 64.5 Å². The van der Waals surface area contributed by atoms with E-state index in [0.29, 0.717) is 17.5 Å². The van der Waals surface area contributed by atoms with E-state index in [2.05, 4.69) is 91.9 Å². The molecule has 0 aliphatic carbocycles. The summed E-state index contributed by atoms with van der Waals surface area (Å²) in [5, 5.41) is 4.53. The van der Waals surface area contributed by atoms with Gasteiger partial charge in [0.1, 0.15) is 0 Å². The summed E-state index contributed by atoms with van der Waals surface area (Å²) >= 11 is 0. The molecule has 0 unspecified atom stereocenters. The minimum absolute atomic E-state index is 0.604. The molecule has 0 aliphatic rings. The number of aryl methyl sites for hydroxylation is 1. The summed E-state index contributed by atoms with van der Waals surface area (Å²) in [7, 11) is 0. The Balaban J connectivity index is 1.24. The zero-order valence-electron chi connectivity index (χ0n) is 24.6. The van der Waals surface area contributed by atoms with Crippen LogP contribution in [-0.2, 0) is 0 Å². The van der Waals surface area contributed by atoms with Gasteiger partial charge in [-0.3, -0.25) is 9.97 Å². The first-order valence-electron chi connectivity index (χ1n) is 14.9. The summed E-state index contributed by atoms with van der Waals surface area (Å²) < 4.78 is 0. The van der Waals surface area contributed by atoms with Crippen molar-refractivity contribution in [2.75, 3.05) is 0 Å². The Hall–Kier alpha value is -6.07. The number of fused-ring (bicyclic) bond motifs is 2. The van der Waals surface area contributed by atoms with Gasteiger partial charge in [0.15, 0.2) is 17.5 Å². The van der Waals surface area contributed by atoms with Crippen molar-refractivity contribution in [2.45, 2.75) is 6.92 Å². The van der Waals surface area contributed by atoms with Gasteiger partial charge in [0.05, 0.1) is 11.4 Å². The molecule has 5 aromatic carbocycles. The van der Waals surface area contributed by atoms with Crippen LogP contribution in [0, 0.1) is 6.92 Å². The van der Waals surface area contributed by atoms with Crippen molar-refractivity contribution in [1.29, 1.82) is 0 Å². The van der Waals surface area contributed by atoms with Crippen molar-refractivity contribution in [3.05, 3.63) is 151 Å². The van der Waals surface area contributed by atoms with E-state index in [1.165, 1.54) is 5.56 Å². The maximum absolute atomic E-state index is 5.02. The quantitative estimate of drug-likeness (QED) is 0.204. The predicted octanol–water partition coefficient (Wildman–Crippen LogP) is 9.61. The van der Waals surface area contributed by atoms with Crippen molar-refractivity contribution < 1.29 is 0 Å². The highest BCUT2D eigenvalue weighted by atomic mass is 15.0. The van der Waals surface area contributed by atoms with Crippen molar-refractivity contribution in [1.82, 2.24) is 24.9 Å². The van der Waals surface area contributed by atoms with Crippen molar-refractivity contribution in [2.24, 2.45) is 0 Å². The maximum Gasteiger partial charge on any atom is 0.164 e. The fourth-order valence-corrected chi connectivity index (χ4v) is 5.58. The van der Waals surface area contributed by atoms with E-state index in [9.17, 15) is 0 Å². The van der Waals surface area contributed by atoms with Gasteiger partial charge in [-0.1, -0.05) is 115 Å². The lowest BCUT2D eigenvalue weighted by atomic mass is 10.0. The van der Waals surface area contributed by atoms with Crippen LogP contribution in [0.2, 0.25) is 0 Å². The van der Waals surface area contributed by atoms with Crippen molar-refractivity contribution >= 4 is 21.5 Å². The lowest BCUT2D eigenvalue weighted by molar-refractivity contribution is 1.07. The zero-order valence-corrected chi connectivity index (χ0v) is 24.6. The molecule has 0 radical (unpaired) electrons. The fourth-order valence-electron chi connectivity index (χ4n) is 5.58. The van der Waals surface area contributed by atoms with E-state index < -0.39 is 0 Å². The third-order valence-corrected chi connectivity index (χ3v) is 8.04. The van der Waals surface area contributed by atoms with Crippen LogP contribution in [0.4, 0.5) is 0 Å². The van der Waals surface area contributed by atoms with Crippen molar-refractivity contribution in [3.63, 3.8) is 0 Å². The number of rotatable bonds is 5. The van der Waals surface area contributed by atoms with E-state index in [4.69, 9.17) is 24.9 Å². The number of pyridine rings is 2. The number of nitrogens with zero attached hydrogens (tertiary/aromatic N) is 5. The Morgan fingerprint density at radius 2 is 0.778 bits per heavy atom. The fraction of sp³-hybridized carbons (Fsp3) is 0.0250. The molecule has 45 heavy (non-hydrogen) atoms. The normalized spacial score (nSPS) is 11.2. The molecule has 8 aromatic rings. The molecule has 0 spiro atoms. The Labute approximate surface area is 261 Å². The predicted molar refractivity (Wildman–Crippen MR) is 182 cm³/mol. The highest BCUT2D eigenvalue weighted by Gasteiger charge is 2.14. The molecule has 0 aliphatic heterocycles. The van der Waals surface area contributed by atoms with Crippen LogP contribution in [0.15, 0.2) is 146 Å². The molecule has 0 amide bonds.